The Balaban J connectivity index is 1.61. The van der Waals surface area contributed by atoms with Crippen molar-refractivity contribution in [2.45, 2.75) is 38.7 Å². The molecule has 0 radical (unpaired) electrons. The molecule has 0 amide bonds. The lowest BCUT2D eigenvalue weighted by atomic mass is 9.99. The molecule has 7 nitrogen and oxygen atoms in total. The third-order valence-electron chi connectivity index (χ3n) is 5.42. The molecule has 1 heterocycles. The van der Waals surface area contributed by atoms with Crippen LogP contribution in [-0.2, 0) is 16.4 Å². The van der Waals surface area contributed by atoms with Crippen LogP contribution >= 0.6 is 11.3 Å². The largest absolute Gasteiger partial charge is 0.490 e. The molecule has 1 aliphatic rings. The fraction of sp³-hybridized carbons (Fsp3) is 0.348. The number of nitrogens with one attached hydrogen (secondary N) is 2. The quantitative estimate of drug-likeness (QED) is 0.479. The second-order valence-electron chi connectivity index (χ2n) is 8.21. The van der Waals surface area contributed by atoms with Gasteiger partial charge in [0.2, 0.25) is 10.0 Å². The van der Waals surface area contributed by atoms with Crippen molar-refractivity contribution < 1.29 is 13.2 Å². The second kappa shape index (κ2) is 9.09. The smallest absolute Gasteiger partial charge is 0.208 e. The third-order valence-corrected chi connectivity index (χ3v) is 7.11. The lowest BCUT2D eigenvalue weighted by Gasteiger charge is -2.12. The summed E-state index contributed by atoms with van der Waals surface area (Å²) in [7, 11) is -3.21. The molecule has 0 aliphatic heterocycles. The molecule has 0 spiro atoms. The first kappa shape index (κ1) is 22.6. The Labute approximate surface area is 192 Å². The summed E-state index contributed by atoms with van der Waals surface area (Å²) in [4.78, 5) is 0. The van der Waals surface area contributed by atoms with Crippen molar-refractivity contribution in [3.63, 3.8) is 0 Å². The van der Waals surface area contributed by atoms with Gasteiger partial charge in [-0.05, 0) is 61.9 Å². The maximum Gasteiger partial charge on any atom is 0.208 e. The monoisotopic (exact) mass is 470 g/mol. The zero-order valence-corrected chi connectivity index (χ0v) is 19.9. The van der Waals surface area contributed by atoms with Crippen LogP contribution in [0.4, 0.5) is 0 Å². The average molecular weight is 471 g/mol. The zero-order valence-electron chi connectivity index (χ0n) is 18.3. The minimum Gasteiger partial charge on any atom is -0.490 e. The van der Waals surface area contributed by atoms with Crippen LogP contribution in [-0.4, -0.2) is 43.7 Å². The Bertz CT molecular complexity index is 1250. The zero-order chi connectivity index (χ0) is 22.9. The van der Waals surface area contributed by atoms with Gasteiger partial charge in [-0.3, -0.25) is 0 Å². The number of aromatic nitrogens is 2. The summed E-state index contributed by atoms with van der Waals surface area (Å²) < 4.78 is 31.4. The predicted molar refractivity (Wildman–Crippen MR) is 128 cm³/mol. The van der Waals surface area contributed by atoms with E-state index in [9.17, 15) is 8.42 Å². The van der Waals surface area contributed by atoms with Gasteiger partial charge in [-0.25, -0.2) is 13.1 Å². The highest BCUT2D eigenvalue weighted by molar-refractivity contribution is 7.88. The van der Waals surface area contributed by atoms with Crippen LogP contribution < -0.4 is 9.46 Å². The SMILES string of the molecule is CC(C)Oc1ccc(-c2nnc(-c3cccc4c3CC[C@@H]4CNS(C)(=O)=O)s2)cc1C=N. The summed E-state index contributed by atoms with van der Waals surface area (Å²) in [6.07, 6.45) is 4.30. The van der Waals surface area contributed by atoms with E-state index in [2.05, 4.69) is 27.1 Å². The van der Waals surface area contributed by atoms with Crippen LogP contribution in [0.15, 0.2) is 36.4 Å². The highest BCUT2D eigenvalue weighted by atomic mass is 32.2. The summed E-state index contributed by atoms with van der Waals surface area (Å²) in [5, 5.41) is 18.2. The molecule has 4 rings (SSSR count). The molecule has 0 saturated heterocycles. The predicted octanol–water partition coefficient (Wildman–Crippen LogP) is 4.24. The summed E-state index contributed by atoms with van der Waals surface area (Å²) in [6.45, 7) is 4.32. The molecule has 0 fully saturated rings. The summed E-state index contributed by atoms with van der Waals surface area (Å²) in [5.41, 5.74) is 5.05. The van der Waals surface area contributed by atoms with Gasteiger partial charge < -0.3 is 10.1 Å². The van der Waals surface area contributed by atoms with Gasteiger partial charge in [-0.2, -0.15) is 0 Å². The lowest BCUT2D eigenvalue weighted by molar-refractivity contribution is 0.242. The molecule has 168 valence electrons. The number of rotatable bonds is 8. The van der Waals surface area contributed by atoms with Crippen LogP contribution in [0.25, 0.3) is 21.1 Å². The van der Waals surface area contributed by atoms with Crippen LogP contribution in [0.3, 0.4) is 0 Å². The Morgan fingerprint density at radius 2 is 2.03 bits per heavy atom. The van der Waals surface area contributed by atoms with Gasteiger partial charge in [0.1, 0.15) is 15.8 Å². The molecule has 0 unspecified atom stereocenters. The van der Waals surface area contributed by atoms with Crippen LogP contribution in [0.2, 0.25) is 0 Å². The van der Waals surface area contributed by atoms with Crippen LogP contribution in [0.1, 0.15) is 42.9 Å². The first-order valence-corrected chi connectivity index (χ1v) is 13.2. The Kier molecular flexibility index (Phi) is 6.41. The van der Waals surface area contributed by atoms with Crippen molar-refractivity contribution in [2.24, 2.45) is 0 Å². The lowest BCUT2D eigenvalue weighted by Crippen LogP contribution is -2.26. The Morgan fingerprint density at radius 3 is 2.75 bits per heavy atom. The summed E-state index contributed by atoms with van der Waals surface area (Å²) >= 11 is 1.51. The van der Waals surface area contributed by atoms with E-state index in [4.69, 9.17) is 10.1 Å². The molecule has 32 heavy (non-hydrogen) atoms. The van der Waals surface area contributed by atoms with Gasteiger partial charge in [-0.1, -0.05) is 29.5 Å². The third kappa shape index (κ3) is 4.90. The van der Waals surface area contributed by atoms with Crippen molar-refractivity contribution in [1.29, 1.82) is 5.41 Å². The number of hydrogen-bond acceptors (Lipinski definition) is 7. The van der Waals surface area contributed by atoms with E-state index in [1.165, 1.54) is 34.9 Å². The topological polar surface area (TPSA) is 105 Å². The van der Waals surface area contributed by atoms with Gasteiger partial charge >= 0.3 is 0 Å². The van der Waals surface area contributed by atoms with E-state index in [0.29, 0.717) is 17.9 Å². The Hall–Kier alpha value is -2.62. The molecule has 1 atom stereocenters. The van der Waals surface area contributed by atoms with Gasteiger partial charge in [0, 0.05) is 29.4 Å². The minimum atomic E-state index is -3.21. The molecule has 9 heteroatoms. The van der Waals surface area contributed by atoms with Crippen molar-refractivity contribution in [3.8, 4) is 26.9 Å². The first-order chi connectivity index (χ1) is 15.2. The number of ether oxygens (including phenoxy) is 1. The average Bonchev–Trinajstić information content (AvgIpc) is 3.39. The van der Waals surface area contributed by atoms with E-state index in [1.54, 1.807) is 0 Å². The normalized spacial score (nSPS) is 15.7. The number of nitrogens with zero attached hydrogens (tertiary/aromatic N) is 2. The Morgan fingerprint density at radius 1 is 1.25 bits per heavy atom. The molecular weight excluding hydrogens is 444 g/mol. The second-order valence-corrected chi connectivity index (χ2v) is 11.0. The molecule has 0 bridgehead atoms. The van der Waals surface area contributed by atoms with Crippen molar-refractivity contribution >= 4 is 27.6 Å². The highest BCUT2D eigenvalue weighted by Gasteiger charge is 2.26. The van der Waals surface area contributed by atoms with Crippen molar-refractivity contribution in [2.75, 3.05) is 12.8 Å². The molecule has 2 aromatic carbocycles. The number of hydrogen-bond donors (Lipinski definition) is 2. The molecule has 0 saturated carbocycles. The molecule has 1 aliphatic carbocycles. The number of benzene rings is 2. The maximum atomic E-state index is 11.5. The van der Waals surface area contributed by atoms with Crippen molar-refractivity contribution in [3.05, 3.63) is 53.1 Å². The van der Waals surface area contributed by atoms with E-state index in [0.717, 1.165) is 34.0 Å². The van der Waals surface area contributed by atoms with Gasteiger partial charge in [0.15, 0.2) is 0 Å². The van der Waals surface area contributed by atoms with E-state index in [-0.39, 0.29) is 12.0 Å². The first-order valence-electron chi connectivity index (χ1n) is 10.5. The fourth-order valence-corrected chi connectivity index (χ4v) is 5.41. The van der Waals surface area contributed by atoms with E-state index < -0.39 is 10.0 Å². The van der Waals surface area contributed by atoms with Gasteiger partial charge in [-0.15, -0.1) is 10.2 Å². The standard InChI is InChI=1S/C23H26N4O3S2/c1-14(2)30-21-10-8-15(11-17(21)12-24)22-26-27-23(31-22)20-6-4-5-18-16(7-9-19(18)20)13-25-32(3,28)29/h4-6,8,10-12,14,16,24-25H,7,9,13H2,1-3H3/t16-/m1/s1. The van der Waals surface area contributed by atoms with Crippen molar-refractivity contribution in [1.82, 2.24) is 14.9 Å². The summed E-state index contributed by atoms with van der Waals surface area (Å²) in [6, 6.07) is 11.8. The number of sulfonamides is 1. The molecule has 1 aromatic heterocycles. The van der Waals surface area contributed by atoms with Gasteiger partial charge in [0.25, 0.3) is 0 Å². The van der Waals surface area contributed by atoms with Gasteiger partial charge in [0.05, 0.1) is 12.4 Å². The van der Waals surface area contributed by atoms with Crippen LogP contribution in [0.5, 0.6) is 5.75 Å². The molecular formula is C23H26N4O3S2. The molecule has 3 aromatic rings. The highest BCUT2D eigenvalue weighted by Crippen LogP contribution is 2.40. The van der Waals surface area contributed by atoms with E-state index in [1.807, 2.05) is 38.1 Å². The van der Waals surface area contributed by atoms with Crippen LogP contribution in [0, 0.1) is 5.41 Å². The minimum absolute atomic E-state index is 0.0318. The van der Waals surface area contributed by atoms with E-state index >= 15 is 0 Å². The number of fused-ring (bicyclic) bond motifs is 1. The maximum absolute atomic E-state index is 11.5. The molecule has 2 N–H and O–H groups in total. The summed E-state index contributed by atoms with van der Waals surface area (Å²) in [5.74, 6) is 0.842. The fourth-order valence-electron chi connectivity index (χ4n) is 4.01.